The van der Waals surface area contributed by atoms with Crippen molar-refractivity contribution in [3.05, 3.63) is 48.7 Å². The summed E-state index contributed by atoms with van der Waals surface area (Å²) < 4.78 is 0. The molecule has 1 aliphatic heterocycles. The number of hydrogen-bond acceptors (Lipinski definition) is 2. The molecule has 0 aliphatic carbocycles. The molecule has 1 aromatic heterocycles. The number of rotatable bonds is 1. The Bertz CT molecular complexity index is 294. The van der Waals surface area contributed by atoms with Gasteiger partial charge in [-0.1, -0.05) is 6.07 Å². The van der Waals surface area contributed by atoms with Gasteiger partial charge in [0.05, 0.1) is 0 Å². The maximum Gasteiger partial charge on any atom is 0.175 e. The zero-order valence-electron chi connectivity index (χ0n) is 6.59. The standard InChI is InChI=1S/C9H8BN2/c1-2-6-11-9(3-1)12-7-4-10-5-8-12/h1-8H. The third-order valence-electron chi connectivity index (χ3n) is 1.63. The van der Waals surface area contributed by atoms with Gasteiger partial charge in [0.15, 0.2) is 7.28 Å². The van der Waals surface area contributed by atoms with Crippen molar-refractivity contribution < 1.29 is 0 Å². The Hall–Kier alpha value is -1.51. The van der Waals surface area contributed by atoms with E-state index in [4.69, 9.17) is 0 Å². The van der Waals surface area contributed by atoms with Crippen LogP contribution in [0.5, 0.6) is 0 Å². The van der Waals surface area contributed by atoms with Gasteiger partial charge in [0.25, 0.3) is 0 Å². The van der Waals surface area contributed by atoms with Gasteiger partial charge in [-0.2, -0.15) is 0 Å². The van der Waals surface area contributed by atoms with Gasteiger partial charge in [-0.3, -0.25) is 0 Å². The van der Waals surface area contributed by atoms with Gasteiger partial charge < -0.3 is 4.90 Å². The summed E-state index contributed by atoms with van der Waals surface area (Å²) in [6.07, 6.45) is 5.74. The molecule has 2 heterocycles. The smallest absolute Gasteiger partial charge is 0.175 e. The lowest BCUT2D eigenvalue weighted by Gasteiger charge is -2.15. The third-order valence-corrected chi connectivity index (χ3v) is 1.63. The average Bonchev–Trinajstić information content (AvgIpc) is 2.21. The maximum atomic E-state index is 4.21. The number of aromatic nitrogens is 1. The van der Waals surface area contributed by atoms with Gasteiger partial charge in [0, 0.05) is 6.20 Å². The van der Waals surface area contributed by atoms with Crippen molar-refractivity contribution >= 4 is 13.1 Å². The summed E-state index contributed by atoms with van der Waals surface area (Å²) in [4.78, 5) is 6.18. The molecule has 0 unspecified atom stereocenters. The Morgan fingerprint density at radius 1 is 1.17 bits per heavy atom. The summed E-state index contributed by atoms with van der Waals surface area (Å²) in [6.45, 7) is 0. The van der Waals surface area contributed by atoms with E-state index in [0.29, 0.717) is 0 Å². The van der Waals surface area contributed by atoms with Crippen LogP contribution in [0.2, 0.25) is 0 Å². The second kappa shape index (κ2) is 3.26. The maximum absolute atomic E-state index is 4.21. The summed E-state index contributed by atoms with van der Waals surface area (Å²) >= 11 is 0. The van der Waals surface area contributed by atoms with Gasteiger partial charge >= 0.3 is 0 Å². The second-order valence-electron chi connectivity index (χ2n) is 2.47. The minimum Gasteiger partial charge on any atom is -0.311 e. The summed E-state index contributed by atoms with van der Waals surface area (Å²) in [5, 5.41) is 0. The van der Waals surface area contributed by atoms with E-state index in [1.807, 2.05) is 54.7 Å². The number of anilines is 1. The average molecular weight is 155 g/mol. The lowest BCUT2D eigenvalue weighted by Crippen LogP contribution is -2.11. The highest BCUT2D eigenvalue weighted by atomic mass is 15.1. The first-order valence-corrected chi connectivity index (χ1v) is 3.84. The van der Waals surface area contributed by atoms with Crippen LogP contribution in [-0.4, -0.2) is 12.3 Å². The molecule has 0 amide bonds. The molecular formula is C9H8BN2. The molecule has 12 heavy (non-hydrogen) atoms. The van der Waals surface area contributed by atoms with Crippen LogP contribution < -0.4 is 4.90 Å². The van der Waals surface area contributed by atoms with E-state index in [2.05, 4.69) is 4.98 Å². The van der Waals surface area contributed by atoms with E-state index in [9.17, 15) is 0 Å². The first kappa shape index (κ1) is 7.16. The van der Waals surface area contributed by atoms with Crippen LogP contribution in [0.25, 0.3) is 0 Å². The van der Waals surface area contributed by atoms with Crippen LogP contribution in [0, 0.1) is 0 Å². The summed E-state index contributed by atoms with van der Waals surface area (Å²) in [5.74, 6) is 4.90. The van der Waals surface area contributed by atoms with Crippen LogP contribution >= 0.6 is 0 Å². The number of nitrogens with zero attached hydrogens (tertiary/aromatic N) is 2. The number of pyridine rings is 1. The molecule has 1 aromatic rings. The molecule has 0 N–H and O–H groups in total. The first-order chi connectivity index (χ1) is 5.97. The summed E-state index contributed by atoms with van der Waals surface area (Å²) in [7, 11) is 1.99. The molecule has 0 spiro atoms. The van der Waals surface area contributed by atoms with Crippen molar-refractivity contribution in [1.29, 1.82) is 0 Å². The molecule has 2 nitrogen and oxygen atoms in total. The Morgan fingerprint density at radius 2 is 2.00 bits per heavy atom. The molecule has 0 aromatic carbocycles. The van der Waals surface area contributed by atoms with Crippen LogP contribution in [0.4, 0.5) is 5.82 Å². The van der Waals surface area contributed by atoms with E-state index in [-0.39, 0.29) is 0 Å². The van der Waals surface area contributed by atoms with Gasteiger partial charge in [-0.25, -0.2) is 4.98 Å². The van der Waals surface area contributed by atoms with Crippen molar-refractivity contribution in [3.8, 4) is 0 Å². The van der Waals surface area contributed by atoms with Crippen molar-refractivity contribution in [2.45, 2.75) is 0 Å². The zero-order valence-corrected chi connectivity index (χ0v) is 6.59. The predicted octanol–water partition coefficient (Wildman–Crippen LogP) is 1.55. The van der Waals surface area contributed by atoms with Crippen LogP contribution in [0.15, 0.2) is 48.7 Å². The Labute approximate surface area is 72.5 Å². The molecule has 0 bridgehead atoms. The van der Waals surface area contributed by atoms with E-state index < -0.39 is 0 Å². The Morgan fingerprint density at radius 3 is 2.67 bits per heavy atom. The fourth-order valence-electron chi connectivity index (χ4n) is 1.06. The molecule has 0 atom stereocenters. The molecule has 1 aliphatic rings. The largest absolute Gasteiger partial charge is 0.311 e. The lowest BCUT2D eigenvalue weighted by molar-refractivity contribution is 1.17. The topological polar surface area (TPSA) is 16.1 Å². The SMILES string of the molecule is [B]1C=CN(c2ccccn2)C=C1. The zero-order chi connectivity index (χ0) is 8.23. The Balaban J connectivity index is 2.25. The van der Waals surface area contributed by atoms with Crippen LogP contribution in [0.1, 0.15) is 0 Å². The van der Waals surface area contributed by atoms with Gasteiger partial charge in [0.2, 0.25) is 0 Å². The van der Waals surface area contributed by atoms with Crippen molar-refractivity contribution in [3.63, 3.8) is 0 Å². The van der Waals surface area contributed by atoms with E-state index >= 15 is 0 Å². The molecule has 2 rings (SSSR count). The fourth-order valence-corrected chi connectivity index (χ4v) is 1.06. The molecule has 3 heteroatoms. The van der Waals surface area contributed by atoms with Crippen molar-refractivity contribution in [2.24, 2.45) is 0 Å². The van der Waals surface area contributed by atoms with Crippen LogP contribution in [0.3, 0.4) is 0 Å². The summed E-state index contributed by atoms with van der Waals surface area (Å²) in [5.41, 5.74) is 0. The molecule has 1 radical (unpaired) electrons. The molecular weight excluding hydrogens is 147 g/mol. The molecule has 0 fully saturated rings. The monoisotopic (exact) mass is 155 g/mol. The van der Waals surface area contributed by atoms with Gasteiger partial charge in [-0.05, 0) is 24.5 Å². The fraction of sp³-hybridized carbons (Fsp3) is 0. The predicted molar refractivity (Wildman–Crippen MR) is 50.8 cm³/mol. The normalized spacial score (nSPS) is 14.5. The second-order valence-corrected chi connectivity index (χ2v) is 2.47. The minimum absolute atomic E-state index is 0.943. The highest BCUT2D eigenvalue weighted by molar-refractivity contribution is 6.48. The highest BCUT2D eigenvalue weighted by Crippen LogP contribution is 2.11. The number of hydrogen-bond donors (Lipinski definition) is 0. The Kier molecular flexibility index (Phi) is 1.95. The van der Waals surface area contributed by atoms with Gasteiger partial charge in [-0.15, -0.1) is 12.0 Å². The quantitative estimate of drug-likeness (QED) is 0.572. The lowest BCUT2D eigenvalue weighted by atomic mass is 9.78. The molecule has 0 saturated heterocycles. The molecule has 0 saturated carbocycles. The van der Waals surface area contributed by atoms with Gasteiger partial charge in [0.1, 0.15) is 5.82 Å². The minimum atomic E-state index is 0.943. The first-order valence-electron chi connectivity index (χ1n) is 3.84. The van der Waals surface area contributed by atoms with E-state index in [0.717, 1.165) is 5.82 Å². The summed E-state index contributed by atoms with van der Waals surface area (Å²) in [6, 6.07) is 5.86. The van der Waals surface area contributed by atoms with E-state index in [1.54, 1.807) is 6.20 Å². The van der Waals surface area contributed by atoms with Crippen molar-refractivity contribution in [2.75, 3.05) is 4.90 Å². The van der Waals surface area contributed by atoms with Crippen molar-refractivity contribution in [1.82, 2.24) is 4.98 Å². The molecule has 57 valence electrons. The highest BCUT2D eigenvalue weighted by Gasteiger charge is 2.00. The van der Waals surface area contributed by atoms with Crippen LogP contribution in [-0.2, 0) is 0 Å². The third kappa shape index (κ3) is 1.40. The van der Waals surface area contributed by atoms with E-state index in [1.165, 1.54) is 0 Å².